The molecular formula is C8H10N2O3. The molecule has 0 atom stereocenters. The summed E-state index contributed by atoms with van der Waals surface area (Å²) in [6.07, 6.45) is 3.01. The Labute approximate surface area is 75.5 Å². The molecule has 1 aromatic heterocycles. The van der Waals surface area contributed by atoms with E-state index in [2.05, 4.69) is 9.82 Å². The van der Waals surface area contributed by atoms with Crippen molar-refractivity contribution in [1.82, 2.24) is 4.98 Å². The molecule has 1 heterocycles. The van der Waals surface area contributed by atoms with Gasteiger partial charge in [0.2, 0.25) is 0 Å². The second-order valence-corrected chi connectivity index (χ2v) is 2.48. The van der Waals surface area contributed by atoms with Gasteiger partial charge in [0.1, 0.15) is 0 Å². The van der Waals surface area contributed by atoms with Crippen LogP contribution in [0.4, 0.5) is 0 Å². The third kappa shape index (κ3) is 4.05. The van der Waals surface area contributed by atoms with Gasteiger partial charge in [0.05, 0.1) is 6.61 Å². The highest BCUT2D eigenvalue weighted by Gasteiger charge is 1.96. The molecule has 70 valence electrons. The predicted molar refractivity (Wildman–Crippen MR) is 45.5 cm³/mol. The van der Waals surface area contributed by atoms with E-state index in [4.69, 9.17) is 0 Å². The van der Waals surface area contributed by atoms with Crippen molar-refractivity contribution in [1.29, 1.82) is 0 Å². The van der Waals surface area contributed by atoms with Crippen LogP contribution in [0.15, 0.2) is 24.4 Å². The van der Waals surface area contributed by atoms with Crippen LogP contribution in [0.25, 0.3) is 0 Å². The van der Waals surface area contributed by atoms with Gasteiger partial charge in [0.15, 0.2) is 0 Å². The average Bonchev–Trinajstić information content (AvgIpc) is 2.14. The van der Waals surface area contributed by atoms with E-state index in [1.165, 1.54) is 0 Å². The normalized spacial score (nSPS) is 9.54. The van der Waals surface area contributed by atoms with Gasteiger partial charge in [-0.15, -0.1) is 10.1 Å². The second kappa shape index (κ2) is 5.08. The van der Waals surface area contributed by atoms with Crippen molar-refractivity contribution in [3.05, 3.63) is 40.2 Å². The van der Waals surface area contributed by atoms with Crippen LogP contribution in [-0.4, -0.2) is 16.7 Å². The Kier molecular flexibility index (Phi) is 3.69. The maximum Gasteiger partial charge on any atom is 0.294 e. The van der Waals surface area contributed by atoms with E-state index < -0.39 is 5.09 Å². The minimum absolute atomic E-state index is 0.129. The zero-order valence-corrected chi connectivity index (χ0v) is 7.05. The molecule has 0 radical (unpaired) electrons. The first kappa shape index (κ1) is 9.44. The van der Waals surface area contributed by atoms with E-state index >= 15 is 0 Å². The molecule has 1 aromatic rings. The maximum atomic E-state index is 9.78. The van der Waals surface area contributed by atoms with E-state index in [1.54, 1.807) is 6.20 Å². The van der Waals surface area contributed by atoms with E-state index in [9.17, 15) is 10.1 Å². The summed E-state index contributed by atoms with van der Waals surface area (Å²) in [6, 6.07) is 5.60. The molecule has 0 bridgehead atoms. The van der Waals surface area contributed by atoms with Crippen molar-refractivity contribution < 1.29 is 9.92 Å². The molecule has 0 aliphatic rings. The first-order valence-electron chi connectivity index (χ1n) is 3.96. The first-order valence-corrected chi connectivity index (χ1v) is 3.96. The molecule has 1 rings (SSSR count). The Morgan fingerprint density at radius 1 is 1.54 bits per heavy atom. The topological polar surface area (TPSA) is 65.3 Å². The third-order valence-corrected chi connectivity index (χ3v) is 1.50. The zero-order valence-electron chi connectivity index (χ0n) is 7.05. The van der Waals surface area contributed by atoms with Crippen molar-refractivity contribution in [2.24, 2.45) is 0 Å². The minimum Gasteiger partial charge on any atom is -0.314 e. The molecule has 5 nitrogen and oxygen atoms in total. The van der Waals surface area contributed by atoms with Crippen molar-refractivity contribution >= 4 is 0 Å². The fourth-order valence-corrected chi connectivity index (χ4v) is 0.938. The predicted octanol–water partition coefficient (Wildman–Crippen LogP) is 1.22. The highest BCUT2D eigenvalue weighted by Crippen LogP contribution is 1.98. The van der Waals surface area contributed by atoms with Gasteiger partial charge in [-0.3, -0.25) is 4.98 Å². The maximum absolute atomic E-state index is 9.78. The van der Waals surface area contributed by atoms with Gasteiger partial charge >= 0.3 is 0 Å². The summed E-state index contributed by atoms with van der Waals surface area (Å²) in [7, 11) is 0. The molecule has 13 heavy (non-hydrogen) atoms. The van der Waals surface area contributed by atoms with Gasteiger partial charge in [-0.2, -0.15) is 0 Å². The lowest BCUT2D eigenvalue weighted by molar-refractivity contribution is -0.757. The molecule has 0 fully saturated rings. The SMILES string of the molecule is O=[N+]([O-])OCCCc1ccccn1. The summed E-state index contributed by atoms with van der Waals surface area (Å²) in [5.41, 5.74) is 0.925. The Morgan fingerprint density at radius 3 is 3.00 bits per heavy atom. The standard InChI is InChI=1S/C8H10N2O3/c11-10(12)13-7-3-5-8-4-1-2-6-9-8/h1-2,4,6H,3,5,7H2. The van der Waals surface area contributed by atoms with E-state index in [0.29, 0.717) is 12.8 Å². The molecular weight excluding hydrogens is 172 g/mol. The quantitative estimate of drug-likeness (QED) is 0.390. The Morgan fingerprint density at radius 2 is 2.38 bits per heavy atom. The number of nitrogens with zero attached hydrogens (tertiary/aromatic N) is 2. The van der Waals surface area contributed by atoms with Crippen molar-refractivity contribution in [3.63, 3.8) is 0 Å². The van der Waals surface area contributed by atoms with Crippen LogP contribution in [0.3, 0.4) is 0 Å². The Balaban J connectivity index is 2.17. The summed E-state index contributed by atoms with van der Waals surface area (Å²) in [6.45, 7) is 0.129. The van der Waals surface area contributed by atoms with Gasteiger partial charge < -0.3 is 4.84 Å². The number of hydrogen-bond donors (Lipinski definition) is 0. The van der Waals surface area contributed by atoms with E-state index in [1.807, 2.05) is 18.2 Å². The van der Waals surface area contributed by atoms with Crippen LogP contribution < -0.4 is 0 Å². The molecule has 0 spiro atoms. The fourth-order valence-electron chi connectivity index (χ4n) is 0.938. The lowest BCUT2D eigenvalue weighted by atomic mass is 10.2. The third-order valence-electron chi connectivity index (χ3n) is 1.50. The van der Waals surface area contributed by atoms with Crippen LogP contribution in [0, 0.1) is 10.1 Å². The minimum atomic E-state index is -0.779. The van der Waals surface area contributed by atoms with Gasteiger partial charge in [-0.05, 0) is 25.0 Å². The number of hydrogen-bond acceptors (Lipinski definition) is 4. The molecule has 0 N–H and O–H groups in total. The summed E-state index contributed by atoms with van der Waals surface area (Å²) in [5, 5.41) is 9.00. The second-order valence-electron chi connectivity index (χ2n) is 2.48. The zero-order chi connectivity index (χ0) is 9.52. The Hall–Kier alpha value is -1.65. The van der Waals surface area contributed by atoms with E-state index in [0.717, 1.165) is 5.69 Å². The van der Waals surface area contributed by atoms with Gasteiger partial charge in [0, 0.05) is 11.9 Å². The number of rotatable bonds is 5. The first-order chi connectivity index (χ1) is 6.29. The van der Waals surface area contributed by atoms with Crippen LogP contribution >= 0.6 is 0 Å². The molecule has 0 aliphatic carbocycles. The molecule has 0 aromatic carbocycles. The average molecular weight is 182 g/mol. The molecule has 0 aliphatic heterocycles. The molecule has 5 heteroatoms. The molecule has 0 amide bonds. The van der Waals surface area contributed by atoms with Gasteiger partial charge in [-0.25, -0.2) is 0 Å². The highest BCUT2D eigenvalue weighted by molar-refractivity contribution is 5.03. The monoisotopic (exact) mass is 182 g/mol. The van der Waals surface area contributed by atoms with E-state index in [-0.39, 0.29) is 6.61 Å². The molecule has 0 unspecified atom stereocenters. The van der Waals surface area contributed by atoms with Crippen LogP contribution in [0.1, 0.15) is 12.1 Å². The van der Waals surface area contributed by atoms with Gasteiger partial charge in [0.25, 0.3) is 5.09 Å². The smallest absolute Gasteiger partial charge is 0.294 e. The van der Waals surface area contributed by atoms with Crippen molar-refractivity contribution in [2.45, 2.75) is 12.8 Å². The van der Waals surface area contributed by atoms with Crippen LogP contribution in [0.2, 0.25) is 0 Å². The lowest BCUT2D eigenvalue weighted by Gasteiger charge is -1.98. The molecule has 0 saturated carbocycles. The Bertz CT molecular complexity index is 263. The fraction of sp³-hybridized carbons (Fsp3) is 0.375. The highest BCUT2D eigenvalue weighted by atomic mass is 16.9. The number of pyridine rings is 1. The summed E-state index contributed by atoms with van der Waals surface area (Å²) in [5.74, 6) is 0. The summed E-state index contributed by atoms with van der Waals surface area (Å²) < 4.78 is 0. The molecule has 0 saturated heterocycles. The van der Waals surface area contributed by atoms with Crippen LogP contribution in [0.5, 0.6) is 0 Å². The van der Waals surface area contributed by atoms with Crippen LogP contribution in [-0.2, 0) is 11.3 Å². The number of aryl methyl sites for hydroxylation is 1. The van der Waals surface area contributed by atoms with Gasteiger partial charge in [-0.1, -0.05) is 6.07 Å². The number of aromatic nitrogens is 1. The summed E-state index contributed by atoms with van der Waals surface area (Å²) in [4.78, 5) is 18.0. The lowest BCUT2D eigenvalue weighted by Crippen LogP contribution is -2.03. The largest absolute Gasteiger partial charge is 0.314 e. The van der Waals surface area contributed by atoms with Crippen molar-refractivity contribution in [3.8, 4) is 0 Å². The summed E-state index contributed by atoms with van der Waals surface area (Å²) >= 11 is 0. The van der Waals surface area contributed by atoms with Crippen molar-refractivity contribution in [2.75, 3.05) is 6.61 Å².